The van der Waals surface area contributed by atoms with Crippen LogP contribution in [0.2, 0.25) is 0 Å². The van der Waals surface area contributed by atoms with E-state index in [2.05, 4.69) is 5.10 Å². The molecule has 0 atom stereocenters. The highest BCUT2D eigenvalue weighted by atomic mass is 19.4. The van der Waals surface area contributed by atoms with E-state index in [1.165, 1.54) is 36.4 Å². The molecule has 1 heterocycles. The smallest absolute Gasteiger partial charge is 0.454 e. The SMILES string of the molecule is O=C(O)c1ccccc1C(=O)C(F)(F)F.O=c1[nH]nc(C(F)(F)F)c2ccccc12. The van der Waals surface area contributed by atoms with Gasteiger partial charge >= 0.3 is 18.3 Å². The molecule has 0 aliphatic rings. The highest BCUT2D eigenvalue weighted by molar-refractivity contribution is 6.08. The normalized spacial score (nSPS) is 11.5. The molecule has 0 radical (unpaired) electrons. The van der Waals surface area contributed by atoms with Crippen molar-refractivity contribution in [1.82, 2.24) is 10.2 Å². The maximum Gasteiger partial charge on any atom is 0.454 e. The molecule has 0 saturated heterocycles. The number of hydrogen-bond donors (Lipinski definition) is 2. The maximum atomic E-state index is 12.5. The summed E-state index contributed by atoms with van der Waals surface area (Å²) in [6.07, 6.45) is -9.63. The van der Waals surface area contributed by atoms with Crippen LogP contribution in [0.5, 0.6) is 0 Å². The second-order valence-corrected chi connectivity index (χ2v) is 5.62. The van der Waals surface area contributed by atoms with Crippen LogP contribution in [0.15, 0.2) is 53.3 Å². The number of hydrogen-bond acceptors (Lipinski definition) is 4. The summed E-state index contributed by atoms with van der Waals surface area (Å²) in [4.78, 5) is 32.5. The maximum absolute atomic E-state index is 12.5. The van der Waals surface area contributed by atoms with E-state index in [4.69, 9.17) is 5.11 Å². The number of aromatic nitrogens is 2. The van der Waals surface area contributed by atoms with E-state index in [0.717, 1.165) is 12.1 Å². The Labute approximate surface area is 162 Å². The summed E-state index contributed by atoms with van der Waals surface area (Å²) in [6.45, 7) is 0. The Morgan fingerprint density at radius 3 is 1.83 bits per heavy atom. The first-order valence-corrected chi connectivity index (χ1v) is 7.82. The molecule has 1 aromatic heterocycles. The molecule has 3 aromatic rings. The van der Waals surface area contributed by atoms with E-state index in [1.54, 1.807) is 0 Å². The molecule has 30 heavy (non-hydrogen) atoms. The van der Waals surface area contributed by atoms with E-state index in [0.29, 0.717) is 0 Å². The first-order chi connectivity index (χ1) is 13.8. The summed E-state index contributed by atoms with van der Waals surface area (Å²) in [5.41, 5.74) is -3.20. The standard InChI is InChI=1S/C9H5F3N2O.C9H5F3O3/c10-9(11,12)7-5-3-1-2-4-6(5)8(15)14-13-7;10-9(11,12)7(13)5-3-1-2-4-6(5)8(14)15/h2*1-4H,(H,14,15). The predicted molar refractivity (Wildman–Crippen MR) is 91.2 cm³/mol. The molecule has 0 fully saturated rings. The van der Waals surface area contributed by atoms with Gasteiger partial charge in [0.25, 0.3) is 11.3 Å². The van der Waals surface area contributed by atoms with Crippen LogP contribution in [0.1, 0.15) is 26.4 Å². The van der Waals surface area contributed by atoms with Gasteiger partial charge in [-0.3, -0.25) is 9.59 Å². The van der Waals surface area contributed by atoms with Crippen molar-refractivity contribution in [1.29, 1.82) is 0 Å². The van der Waals surface area contributed by atoms with E-state index in [1.807, 2.05) is 5.10 Å². The van der Waals surface area contributed by atoms with Crippen molar-refractivity contribution < 1.29 is 41.0 Å². The summed E-state index contributed by atoms with van der Waals surface area (Å²) in [6, 6.07) is 9.67. The number of halogens is 6. The average Bonchev–Trinajstić information content (AvgIpc) is 2.66. The molecule has 0 amide bonds. The van der Waals surface area contributed by atoms with Crippen molar-refractivity contribution in [2.24, 2.45) is 0 Å². The van der Waals surface area contributed by atoms with Crippen LogP contribution in [0.25, 0.3) is 10.8 Å². The minimum atomic E-state index is -5.06. The number of carbonyl (C=O) groups excluding carboxylic acids is 1. The molecule has 6 nitrogen and oxygen atoms in total. The van der Waals surface area contributed by atoms with Crippen LogP contribution >= 0.6 is 0 Å². The van der Waals surface area contributed by atoms with Crippen molar-refractivity contribution in [2.75, 3.05) is 0 Å². The highest BCUT2D eigenvalue weighted by Crippen LogP contribution is 2.31. The zero-order valence-electron chi connectivity index (χ0n) is 14.5. The lowest BCUT2D eigenvalue weighted by Gasteiger charge is -2.07. The van der Waals surface area contributed by atoms with Crippen molar-refractivity contribution in [3.8, 4) is 0 Å². The number of alkyl halides is 6. The third kappa shape index (κ3) is 5.01. The van der Waals surface area contributed by atoms with Crippen molar-refractivity contribution in [3.63, 3.8) is 0 Å². The molecule has 158 valence electrons. The molecule has 0 unspecified atom stereocenters. The van der Waals surface area contributed by atoms with Crippen molar-refractivity contribution in [2.45, 2.75) is 12.4 Å². The summed E-state index contributed by atoms with van der Waals surface area (Å²) >= 11 is 0. The lowest BCUT2D eigenvalue weighted by atomic mass is 10.0. The lowest BCUT2D eigenvalue weighted by molar-refractivity contribution is -0.140. The fourth-order valence-corrected chi connectivity index (χ4v) is 2.35. The largest absolute Gasteiger partial charge is 0.478 e. The molecule has 0 bridgehead atoms. The highest BCUT2D eigenvalue weighted by Gasteiger charge is 2.41. The van der Waals surface area contributed by atoms with Gasteiger partial charge in [0.2, 0.25) is 0 Å². The van der Waals surface area contributed by atoms with Gasteiger partial charge in [-0.05, 0) is 12.1 Å². The van der Waals surface area contributed by atoms with Gasteiger partial charge in [0, 0.05) is 10.9 Å². The number of fused-ring (bicyclic) bond motifs is 1. The minimum absolute atomic E-state index is 0.0141. The Morgan fingerprint density at radius 1 is 0.833 bits per heavy atom. The number of carbonyl (C=O) groups is 2. The van der Waals surface area contributed by atoms with Crippen molar-refractivity contribution >= 4 is 22.5 Å². The van der Waals surface area contributed by atoms with Gasteiger partial charge in [0.1, 0.15) is 0 Å². The molecule has 0 aliphatic carbocycles. The Bertz CT molecular complexity index is 1150. The van der Waals surface area contributed by atoms with Crippen LogP contribution in [-0.2, 0) is 6.18 Å². The number of aromatic amines is 1. The van der Waals surface area contributed by atoms with Crippen LogP contribution in [-0.4, -0.2) is 33.2 Å². The molecular weight excluding hydrogens is 422 g/mol. The summed E-state index contributed by atoms with van der Waals surface area (Å²) in [5.74, 6) is -3.72. The molecule has 0 aliphatic heterocycles. The number of ketones is 1. The number of nitrogens with zero attached hydrogens (tertiary/aromatic N) is 1. The number of Topliss-reactive ketones (excluding diaryl/α,β-unsaturated/α-hetero) is 1. The number of aromatic carboxylic acids is 1. The third-order valence-corrected chi connectivity index (χ3v) is 3.62. The van der Waals surface area contributed by atoms with Gasteiger partial charge in [-0.25, -0.2) is 9.89 Å². The van der Waals surface area contributed by atoms with Gasteiger partial charge in [-0.15, -0.1) is 0 Å². The number of rotatable bonds is 2. The molecule has 12 heteroatoms. The molecule has 0 spiro atoms. The van der Waals surface area contributed by atoms with Gasteiger partial charge in [0.15, 0.2) is 5.69 Å². The van der Waals surface area contributed by atoms with E-state index in [9.17, 15) is 40.7 Å². The summed E-state index contributed by atoms with van der Waals surface area (Å²) in [5, 5.41) is 13.2. The first-order valence-electron chi connectivity index (χ1n) is 7.82. The van der Waals surface area contributed by atoms with Gasteiger partial charge in [0.05, 0.1) is 10.9 Å². The van der Waals surface area contributed by atoms with Crippen LogP contribution in [0.4, 0.5) is 26.3 Å². The summed E-state index contributed by atoms with van der Waals surface area (Å²) in [7, 11) is 0. The molecule has 3 rings (SSSR count). The second kappa shape index (κ2) is 8.35. The van der Waals surface area contributed by atoms with Crippen molar-refractivity contribution in [3.05, 3.63) is 75.7 Å². The molecule has 0 saturated carbocycles. The van der Waals surface area contributed by atoms with Gasteiger partial charge in [-0.2, -0.15) is 31.4 Å². The average molecular weight is 432 g/mol. The Kier molecular flexibility index (Phi) is 6.29. The Balaban J connectivity index is 0.000000214. The molecular formula is C18H10F6N2O4. The molecule has 2 N–H and O–H groups in total. The quantitative estimate of drug-likeness (QED) is 0.470. The predicted octanol–water partition coefficient (Wildman–Crippen LogP) is 4.07. The fourth-order valence-electron chi connectivity index (χ4n) is 2.35. The zero-order valence-corrected chi connectivity index (χ0v) is 14.5. The van der Waals surface area contributed by atoms with E-state index < -0.39 is 46.5 Å². The number of nitrogens with one attached hydrogen (secondary N) is 1. The van der Waals surface area contributed by atoms with Crippen LogP contribution in [0, 0.1) is 0 Å². The number of H-pyrrole nitrogens is 1. The monoisotopic (exact) mass is 432 g/mol. The van der Waals surface area contributed by atoms with E-state index in [-0.39, 0.29) is 10.8 Å². The number of carboxylic acids is 1. The topological polar surface area (TPSA) is 100 Å². The number of carboxylic acid groups (broad SMARTS) is 1. The minimum Gasteiger partial charge on any atom is -0.478 e. The third-order valence-electron chi connectivity index (χ3n) is 3.62. The fraction of sp³-hybridized carbons (Fsp3) is 0.111. The second-order valence-electron chi connectivity index (χ2n) is 5.62. The zero-order chi connectivity index (χ0) is 22.7. The Morgan fingerprint density at radius 2 is 1.33 bits per heavy atom. The van der Waals surface area contributed by atoms with E-state index >= 15 is 0 Å². The number of benzene rings is 2. The van der Waals surface area contributed by atoms with Gasteiger partial charge < -0.3 is 5.11 Å². The van der Waals surface area contributed by atoms with Crippen LogP contribution in [0.3, 0.4) is 0 Å². The summed E-state index contributed by atoms with van der Waals surface area (Å²) < 4.78 is 73.5. The van der Waals surface area contributed by atoms with Crippen LogP contribution < -0.4 is 5.56 Å². The molecule has 2 aromatic carbocycles. The first kappa shape index (κ1) is 22.6. The lowest BCUT2D eigenvalue weighted by Crippen LogP contribution is -2.24. The van der Waals surface area contributed by atoms with Gasteiger partial charge in [-0.1, -0.05) is 36.4 Å². The Hall–Kier alpha value is -3.70.